The van der Waals surface area contributed by atoms with Gasteiger partial charge in [0.2, 0.25) is 0 Å². The highest BCUT2D eigenvalue weighted by atomic mass is 79.9. The number of hydrogen-bond donors (Lipinski definition) is 1. The molecule has 0 bridgehead atoms. The summed E-state index contributed by atoms with van der Waals surface area (Å²) in [5.74, 6) is 0.463. The van der Waals surface area contributed by atoms with Gasteiger partial charge in [-0.3, -0.25) is 0 Å². The average Bonchev–Trinajstić information content (AvgIpc) is 2.59. The van der Waals surface area contributed by atoms with Gasteiger partial charge in [-0.05, 0) is 77.7 Å². The maximum atomic E-state index is 11.9. The number of methoxy groups -OCH3 is 1. The minimum absolute atomic E-state index is 0.349. The summed E-state index contributed by atoms with van der Waals surface area (Å²) in [7, 11) is 1.39. The molecule has 0 unspecified atom stereocenters. The molecule has 6 heteroatoms. The summed E-state index contributed by atoms with van der Waals surface area (Å²) >= 11 is 9.35. The van der Waals surface area contributed by atoms with Crippen LogP contribution in [-0.2, 0) is 4.74 Å². The number of ether oxygens (including phenoxy) is 2. The first-order valence-electron chi connectivity index (χ1n) is 8.02. The first kappa shape index (κ1) is 19.6. The van der Waals surface area contributed by atoms with E-state index < -0.39 is 0 Å². The third kappa shape index (κ3) is 5.94. The monoisotopic (exact) mass is 425 g/mol. The lowest BCUT2D eigenvalue weighted by Gasteiger charge is -2.14. The number of esters is 1. The highest BCUT2D eigenvalue weighted by Crippen LogP contribution is 2.29. The van der Waals surface area contributed by atoms with Crippen molar-refractivity contribution in [1.82, 2.24) is 0 Å². The zero-order valence-electron chi connectivity index (χ0n) is 14.3. The summed E-state index contributed by atoms with van der Waals surface area (Å²) < 4.78 is 11.4. The van der Waals surface area contributed by atoms with Gasteiger partial charge in [-0.15, -0.1) is 0 Å². The number of carbonyl (C=O) groups excluding carboxylic acids is 1. The second-order valence-corrected chi connectivity index (χ2v) is 6.89. The molecule has 134 valence electrons. The molecule has 0 spiro atoms. The van der Waals surface area contributed by atoms with Crippen molar-refractivity contribution >= 4 is 39.2 Å². The van der Waals surface area contributed by atoms with Gasteiger partial charge in [0, 0.05) is 16.0 Å². The van der Waals surface area contributed by atoms with Crippen LogP contribution in [0, 0.1) is 6.92 Å². The standard InChI is InChI=1S/C19H21BrClNO3/c1-13-11-16(19(23)24-2)18(17(20)12-13)22-9-3-4-10-25-15-7-5-14(21)6-8-15/h5-8,11-12,22H,3-4,9-10H2,1-2H3. The van der Waals surface area contributed by atoms with Gasteiger partial charge in [0.05, 0.1) is 25.0 Å². The third-order valence-corrected chi connectivity index (χ3v) is 4.47. The van der Waals surface area contributed by atoms with Crippen LogP contribution in [0.4, 0.5) is 5.69 Å². The van der Waals surface area contributed by atoms with Crippen molar-refractivity contribution in [2.75, 3.05) is 25.6 Å². The van der Waals surface area contributed by atoms with Crippen LogP contribution in [0.5, 0.6) is 5.75 Å². The van der Waals surface area contributed by atoms with E-state index in [1.54, 1.807) is 0 Å². The fourth-order valence-corrected chi connectivity index (χ4v) is 3.19. The molecular formula is C19H21BrClNO3. The number of nitrogens with one attached hydrogen (secondary N) is 1. The third-order valence-electron chi connectivity index (χ3n) is 3.60. The predicted octanol–water partition coefficient (Wildman–Crippen LogP) is 5.47. The van der Waals surface area contributed by atoms with Crippen molar-refractivity contribution in [1.29, 1.82) is 0 Å². The molecule has 2 rings (SSSR count). The molecule has 2 aromatic rings. The van der Waals surface area contributed by atoms with Crippen molar-refractivity contribution < 1.29 is 14.3 Å². The van der Waals surface area contributed by atoms with Crippen molar-refractivity contribution in [3.05, 3.63) is 57.0 Å². The molecule has 0 saturated carbocycles. The Morgan fingerprint density at radius 3 is 2.60 bits per heavy atom. The van der Waals surface area contributed by atoms with Crippen molar-refractivity contribution in [2.24, 2.45) is 0 Å². The Morgan fingerprint density at radius 2 is 1.92 bits per heavy atom. The SMILES string of the molecule is COC(=O)c1cc(C)cc(Br)c1NCCCCOc1ccc(Cl)cc1. The van der Waals surface area contributed by atoms with E-state index in [1.807, 2.05) is 43.3 Å². The maximum absolute atomic E-state index is 11.9. The predicted molar refractivity (Wildman–Crippen MR) is 105 cm³/mol. The number of aryl methyl sites for hydroxylation is 1. The van der Waals surface area contributed by atoms with E-state index in [9.17, 15) is 4.79 Å². The van der Waals surface area contributed by atoms with Crippen LogP contribution in [-0.4, -0.2) is 26.2 Å². The van der Waals surface area contributed by atoms with Gasteiger partial charge in [0.15, 0.2) is 0 Å². The first-order valence-corrected chi connectivity index (χ1v) is 9.19. The molecule has 0 aliphatic carbocycles. The van der Waals surface area contributed by atoms with E-state index in [1.165, 1.54) is 7.11 Å². The quantitative estimate of drug-likeness (QED) is 0.449. The summed E-state index contributed by atoms with van der Waals surface area (Å²) in [5.41, 5.74) is 2.29. The number of carbonyl (C=O) groups is 1. The molecule has 0 saturated heterocycles. The topological polar surface area (TPSA) is 47.6 Å². The zero-order valence-corrected chi connectivity index (χ0v) is 16.6. The summed E-state index contributed by atoms with van der Waals surface area (Å²) in [6.07, 6.45) is 1.81. The molecule has 0 heterocycles. The Hall–Kier alpha value is -1.72. The van der Waals surface area contributed by atoms with Gasteiger partial charge in [-0.1, -0.05) is 11.6 Å². The summed E-state index contributed by atoms with van der Waals surface area (Å²) in [5, 5.41) is 4.01. The minimum atomic E-state index is -0.349. The lowest BCUT2D eigenvalue weighted by Crippen LogP contribution is -2.11. The lowest BCUT2D eigenvalue weighted by molar-refractivity contribution is 0.0601. The van der Waals surface area contributed by atoms with Crippen molar-refractivity contribution in [3.63, 3.8) is 0 Å². The van der Waals surface area contributed by atoms with Gasteiger partial charge in [0.25, 0.3) is 0 Å². The number of hydrogen-bond acceptors (Lipinski definition) is 4. The van der Waals surface area contributed by atoms with Crippen LogP contribution < -0.4 is 10.1 Å². The molecule has 1 N–H and O–H groups in total. The molecule has 0 aliphatic heterocycles. The lowest BCUT2D eigenvalue weighted by atomic mass is 10.1. The molecule has 2 aromatic carbocycles. The van der Waals surface area contributed by atoms with E-state index in [-0.39, 0.29) is 5.97 Å². The molecule has 0 aromatic heterocycles. The maximum Gasteiger partial charge on any atom is 0.340 e. The van der Waals surface area contributed by atoms with Gasteiger partial charge in [-0.25, -0.2) is 4.79 Å². The number of rotatable bonds is 8. The van der Waals surface area contributed by atoms with Gasteiger partial charge >= 0.3 is 5.97 Å². The molecule has 4 nitrogen and oxygen atoms in total. The van der Waals surface area contributed by atoms with Crippen molar-refractivity contribution in [3.8, 4) is 5.75 Å². The largest absolute Gasteiger partial charge is 0.494 e. The number of unbranched alkanes of at least 4 members (excludes halogenated alkanes) is 1. The average molecular weight is 427 g/mol. The normalized spacial score (nSPS) is 10.4. The second-order valence-electron chi connectivity index (χ2n) is 5.60. The van der Waals surface area contributed by atoms with E-state index >= 15 is 0 Å². The van der Waals surface area contributed by atoms with Crippen LogP contribution in [0.2, 0.25) is 5.02 Å². The number of halogens is 2. The molecule has 0 amide bonds. The first-order chi connectivity index (χ1) is 12.0. The van der Waals surface area contributed by atoms with Gasteiger partial charge in [0.1, 0.15) is 5.75 Å². The van der Waals surface area contributed by atoms with Crippen LogP contribution in [0.15, 0.2) is 40.9 Å². The Labute approximate surface area is 161 Å². The Kier molecular flexibility index (Phi) is 7.59. The van der Waals surface area contributed by atoms with Crippen LogP contribution in [0.1, 0.15) is 28.8 Å². The Balaban J connectivity index is 1.81. The fraction of sp³-hybridized carbons (Fsp3) is 0.316. The van der Waals surface area contributed by atoms with E-state index in [0.29, 0.717) is 17.2 Å². The summed E-state index contributed by atoms with van der Waals surface area (Å²) in [6.45, 7) is 3.30. The second kappa shape index (κ2) is 9.68. The van der Waals surface area contributed by atoms with Crippen LogP contribution in [0.25, 0.3) is 0 Å². The molecule has 0 aliphatic rings. The molecule has 0 fully saturated rings. The van der Waals surface area contributed by atoms with Gasteiger partial charge < -0.3 is 14.8 Å². The minimum Gasteiger partial charge on any atom is -0.494 e. The van der Waals surface area contributed by atoms with E-state index in [4.69, 9.17) is 21.1 Å². The Bertz CT molecular complexity index is 719. The summed E-state index contributed by atoms with van der Waals surface area (Å²) in [6, 6.07) is 11.1. The molecule has 0 radical (unpaired) electrons. The zero-order chi connectivity index (χ0) is 18.2. The van der Waals surface area contributed by atoms with E-state index in [0.717, 1.165) is 40.9 Å². The molecule has 25 heavy (non-hydrogen) atoms. The number of benzene rings is 2. The van der Waals surface area contributed by atoms with Gasteiger partial charge in [-0.2, -0.15) is 0 Å². The van der Waals surface area contributed by atoms with Crippen molar-refractivity contribution in [2.45, 2.75) is 19.8 Å². The van der Waals surface area contributed by atoms with E-state index in [2.05, 4.69) is 21.2 Å². The smallest absolute Gasteiger partial charge is 0.340 e. The highest BCUT2D eigenvalue weighted by molar-refractivity contribution is 9.10. The molecule has 0 atom stereocenters. The van der Waals surface area contributed by atoms with Crippen LogP contribution in [0.3, 0.4) is 0 Å². The number of anilines is 1. The summed E-state index contributed by atoms with van der Waals surface area (Å²) in [4.78, 5) is 11.9. The molecular weight excluding hydrogens is 406 g/mol. The Morgan fingerprint density at radius 1 is 1.20 bits per heavy atom. The highest BCUT2D eigenvalue weighted by Gasteiger charge is 2.15. The fourth-order valence-electron chi connectivity index (χ4n) is 2.35. The van der Waals surface area contributed by atoms with Crippen LogP contribution >= 0.6 is 27.5 Å².